The molecule has 0 bridgehead atoms. The number of piperidine rings is 1. The third kappa shape index (κ3) is 7.84. The number of carbonyl (C=O) groups is 3. The van der Waals surface area contributed by atoms with Crippen molar-refractivity contribution in [2.24, 2.45) is 5.92 Å². The van der Waals surface area contributed by atoms with Crippen LogP contribution < -0.4 is 0 Å². The third-order valence-electron chi connectivity index (χ3n) is 8.81. The summed E-state index contributed by atoms with van der Waals surface area (Å²) >= 11 is 0. The quantitative estimate of drug-likeness (QED) is 0.352. The van der Waals surface area contributed by atoms with Crippen LogP contribution in [0.25, 0.3) is 0 Å². The summed E-state index contributed by atoms with van der Waals surface area (Å²) in [5, 5.41) is 9.08. The second-order valence-electron chi connectivity index (χ2n) is 11.9. The Hall–Kier alpha value is -4.04. The zero-order valence-electron chi connectivity index (χ0n) is 25.5. The summed E-state index contributed by atoms with van der Waals surface area (Å²) in [5.41, 5.74) is -2.36. The number of alkyl halides is 6. The number of urea groups is 2. The molecule has 0 aromatic heterocycles. The molecular weight excluding hydrogens is 625 g/mol. The molecule has 15 heteroatoms. The van der Waals surface area contributed by atoms with Gasteiger partial charge in [-0.1, -0.05) is 6.07 Å². The minimum Gasteiger partial charge on any atom is -0.481 e. The van der Waals surface area contributed by atoms with Crippen LogP contribution in [0.3, 0.4) is 0 Å². The minimum absolute atomic E-state index is 0.00387. The standard InChI is InChI=1S/C31H35F7N4O4/c1-18-12-24(32)4-5-25(18)26-17-41(29(46)40-8-6-20(7-9-40)13-27(43)44)10-11-42(26)28(45)39(3)19(2)21-14-22(30(33,34)35)16-23(15-21)31(36,37)38/h4-5,12,14-16,19-20,26H,6-11,13,17H2,1-3H3,(H,43,44)/t19-,26?/m1/s1. The van der Waals surface area contributed by atoms with Gasteiger partial charge in [-0.05, 0) is 79.6 Å². The molecule has 2 aromatic carbocycles. The minimum atomic E-state index is -5.06. The van der Waals surface area contributed by atoms with Crippen molar-refractivity contribution >= 4 is 18.0 Å². The van der Waals surface area contributed by atoms with Gasteiger partial charge in [0, 0.05) is 46.2 Å². The van der Waals surface area contributed by atoms with Crippen LogP contribution >= 0.6 is 0 Å². The van der Waals surface area contributed by atoms with E-state index in [1.165, 1.54) is 37.1 Å². The van der Waals surface area contributed by atoms with Crippen molar-refractivity contribution in [1.29, 1.82) is 0 Å². The fourth-order valence-electron chi connectivity index (χ4n) is 6.05. The molecule has 2 saturated heterocycles. The highest BCUT2D eigenvalue weighted by Gasteiger charge is 2.40. The number of likely N-dealkylation sites (tertiary alicyclic amines) is 1. The van der Waals surface area contributed by atoms with Crippen LogP contribution in [0.2, 0.25) is 0 Å². The number of hydrogen-bond acceptors (Lipinski definition) is 3. The summed E-state index contributed by atoms with van der Waals surface area (Å²) in [4.78, 5) is 44.1. The molecule has 2 atom stereocenters. The highest BCUT2D eigenvalue weighted by molar-refractivity contribution is 5.78. The van der Waals surface area contributed by atoms with Crippen molar-refractivity contribution in [2.45, 2.75) is 57.5 Å². The molecule has 0 saturated carbocycles. The van der Waals surface area contributed by atoms with Gasteiger partial charge in [0.15, 0.2) is 0 Å². The Bertz CT molecular complexity index is 1430. The number of carboxylic acid groups (broad SMARTS) is 1. The maximum Gasteiger partial charge on any atom is 0.416 e. The van der Waals surface area contributed by atoms with Crippen molar-refractivity contribution in [3.05, 3.63) is 70.0 Å². The van der Waals surface area contributed by atoms with Gasteiger partial charge in [0.2, 0.25) is 0 Å². The van der Waals surface area contributed by atoms with E-state index in [2.05, 4.69) is 0 Å². The molecule has 46 heavy (non-hydrogen) atoms. The van der Waals surface area contributed by atoms with Crippen LogP contribution in [0.1, 0.15) is 66.1 Å². The SMILES string of the molecule is Cc1cc(F)ccc1C1CN(C(=O)N2CCC(CC(=O)O)CC2)CCN1C(=O)N(C)[C@H](C)c1cc(C(F)(F)F)cc(C(F)(F)F)c1. The van der Waals surface area contributed by atoms with Gasteiger partial charge in [0.05, 0.1) is 23.2 Å². The fraction of sp³-hybridized carbons (Fsp3) is 0.516. The van der Waals surface area contributed by atoms with Gasteiger partial charge in [0.25, 0.3) is 0 Å². The summed E-state index contributed by atoms with van der Waals surface area (Å²) in [6.45, 7) is 3.72. The van der Waals surface area contributed by atoms with Gasteiger partial charge in [-0.25, -0.2) is 14.0 Å². The predicted molar refractivity (Wildman–Crippen MR) is 152 cm³/mol. The molecular formula is C31H35F7N4O4. The molecule has 2 aliphatic rings. The molecule has 4 amide bonds. The molecule has 2 heterocycles. The second kappa shape index (κ2) is 13.4. The summed E-state index contributed by atoms with van der Waals surface area (Å²) in [7, 11) is 1.27. The maximum atomic E-state index is 14.0. The Kier molecular flexibility index (Phi) is 10.1. The number of amides is 4. The van der Waals surface area contributed by atoms with E-state index >= 15 is 0 Å². The molecule has 2 fully saturated rings. The number of piperazine rings is 1. The summed E-state index contributed by atoms with van der Waals surface area (Å²) in [5.74, 6) is -1.48. The van der Waals surface area contributed by atoms with E-state index < -0.39 is 53.4 Å². The molecule has 1 unspecified atom stereocenters. The van der Waals surface area contributed by atoms with Crippen LogP contribution in [0.4, 0.5) is 40.3 Å². The van der Waals surface area contributed by atoms with Crippen molar-refractivity contribution in [3.63, 3.8) is 0 Å². The van der Waals surface area contributed by atoms with Crippen LogP contribution in [0.5, 0.6) is 0 Å². The molecule has 0 radical (unpaired) electrons. The topological polar surface area (TPSA) is 84.4 Å². The van der Waals surface area contributed by atoms with Gasteiger partial charge in [-0.15, -0.1) is 0 Å². The van der Waals surface area contributed by atoms with E-state index in [1.807, 2.05) is 0 Å². The number of aliphatic carboxylic acids is 1. The number of benzene rings is 2. The first kappa shape index (κ1) is 34.8. The van der Waals surface area contributed by atoms with Gasteiger partial charge in [0.1, 0.15) is 5.82 Å². The Morgan fingerprint density at radius 2 is 1.50 bits per heavy atom. The van der Waals surface area contributed by atoms with Gasteiger partial charge in [-0.3, -0.25) is 4.79 Å². The lowest BCUT2D eigenvalue weighted by Crippen LogP contribution is -2.58. The van der Waals surface area contributed by atoms with Gasteiger partial charge >= 0.3 is 30.4 Å². The first-order valence-corrected chi connectivity index (χ1v) is 14.7. The highest BCUT2D eigenvalue weighted by atomic mass is 19.4. The van der Waals surface area contributed by atoms with Crippen molar-refractivity contribution in [3.8, 4) is 0 Å². The van der Waals surface area contributed by atoms with Crippen LogP contribution in [-0.2, 0) is 17.1 Å². The Morgan fingerprint density at radius 1 is 0.913 bits per heavy atom. The van der Waals surface area contributed by atoms with E-state index in [0.717, 1.165) is 4.90 Å². The maximum absolute atomic E-state index is 14.0. The smallest absolute Gasteiger partial charge is 0.416 e. The number of halogens is 7. The lowest BCUT2D eigenvalue weighted by molar-refractivity contribution is -0.143. The molecule has 0 aliphatic carbocycles. The lowest BCUT2D eigenvalue weighted by Gasteiger charge is -2.45. The normalized spacial score (nSPS) is 18.8. The van der Waals surface area contributed by atoms with E-state index in [-0.39, 0.29) is 49.6 Å². The Morgan fingerprint density at radius 3 is 2.02 bits per heavy atom. The largest absolute Gasteiger partial charge is 0.481 e. The Labute approximate surface area is 261 Å². The van der Waals surface area contributed by atoms with E-state index in [4.69, 9.17) is 5.11 Å². The zero-order chi connectivity index (χ0) is 34.1. The molecule has 1 N–H and O–H groups in total. The fourth-order valence-corrected chi connectivity index (χ4v) is 6.05. The summed E-state index contributed by atoms with van der Waals surface area (Å²) in [6.07, 6.45) is -9.06. The van der Waals surface area contributed by atoms with Crippen LogP contribution in [0.15, 0.2) is 36.4 Å². The molecule has 4 rings (SSSR count). The van der Waals surface area contributed by atoms with Gasteiger partial charge in [-0.2, -0.15) is 26.3 Å². The van der Waals surface area contributed by atoms with E-state index in [1.54, 1.807) is 16.7 Å². The number of carboxylic acids is 1. The molecule has 0 spiro atoms. The molecule has 252 valence electrons. The average molecular weight is 661 g/mol. The number of rotatable bonds is 5. The van der Waals surface area contributed by atoms with Crippen LogP contribution in [0, 0.1) is 18.7 Å². The second-order valence-corrected chi connectivity index (χ2v) is 11.9. The molecule has 8 nitrogen and oxygen atoms in total. The zero-order valence-corrected chi connectivity index (χ0v) is 25.5. The van der Waals surface area contributed by atoms with E-state index in [9.17, 15) is 45.1 Å². The average Bonchev–Trinajstić information content (AvgIpc) is 2.98. The molecule has 2 aliphatic heterocycles. The first-order valence-electron chi connectivity index (χ1n) is 14.7. The third-order valence-corrected chi connectivity index (χ3v) is 8.81. The number of carbonyl (C=O) groups excluding carboxylic acids is 2. The number of nitrogens with zero attached hydrogens (tertiary/aromatic N) is 4. The van der Waals surface area contributed by atoms with Crippen molar-refractivity contribution in [2.75, 3.05) is 39.8 Å². The Balaban J connectivity index is 1.59. The lowest BCUT2D eigenvalue weighted by atomic mass is 9.93. The van der Waals surface area contributed by atoms with Gasteiger partial charge < -0.3 is 24.7 Å². The van der Waals surface area contributed by atoms with Crippen molar-refractivity contribution < 1.29 is 50.2 Å². The van der Waals surface area contributed by atoms with Crippen LogP contribution in [-0.4, -0.2) is 82.5 Å². The number of aryl methyl sites for hydroxylation is 1. The number of hydrogen-bond donors (Lipinski definition) is 1. The summed E-state index contributed by atoms with van der Waals surface area (Å²) in [6, 6.07) is 2.11. The first-order chi connectivity index (χ1) is 21.4. The van der Waals surface area contributed by atoms with E-state index in [0.29, 0.717) is 49.2 Å². The monoisotopic (exact) mass is 660 g/mol. The summed E-state index contributed by atoms with van der Waals surface area (Å²) < 4.78 is 95.1. The molecule has 2 aromatic rings. The highest BCUT2D eigenvalue weighted by Crippen LogP contribution is 2.39. The van der Waals surface area contributed by atoms with Crippen molar-refractivity contribution in [1.82, 2.24) is 19.6 Å². The predicted octanol–water partition coefficient (Wildman–Crippen LogP) is 6.95.